The largest absolute Gasteiger partial charge is 0.457 e. The van der Waals surface area contributed by atoms with Crippen molar-refractivity contribution >= 4 is 5.91 Å². The van der Waals surface area contributed by atoms with Crippen LogP contribution in [0.4, 0.5) is 4.39 Å². The smallest absolute Gasteiger partial charge is 0.257 e. The van der Waals surface area contributed by atoms with Crippen LogP contribution in [0.2, 0.25) is 0 Å². The number of ether oxygens (including phenoxy) is 1. The van der Waals surface area contributed by atoms with Crippen molar-refractivity contribution in [2.45, 2.75) is 24.9 Å². The molecule has 3 rings (SSSR count). The van der Waals surface area contributed by atoms with Crippen LogP contribution < -0.4 is 10.5 Å². The zero-order chi connectivity index (χ0) is 21.0. The molecular formula is C22H28FN3O3. The van der Waals surface area contributed by atoms with Gasteiger partial charge in [0.15, 0.2) is 0 Å². The second kappa shape index (κ2) is 9.35. The topological polar surface area (TPSA) is 79.0 Å². The first kappa shape index (κ1) is 21.2. The van der Waals surface area contributed by atoms with Crippen LogP contribution in [-0.2, 0) is 6.42 Å². The summed E-state index contributed by atoms with van der Waals surface area (Å²) in [6, 6.07) is 11.4. The van der Waals surface area contributed by atoms with E-state index < -0.39 is 11.7 Å². The van der Waals surface area contributed by atoms with Gasteiger partial charge < -0.3 is 25.4 Å². The summed E-state index contributed by atoms with van der Waals surface area (Å²) >= 11 is 0. The number of rotatable bonds is 7. The predicted molar refractivity (Wildman–Crippen MR) is 110 cm³/mol. The number of amides is 1. The molecule has 2 aromatic rings. The Labute approximate surface area is 170 Å². The number of carbonyl (C=O) groups is 1. The Morgan fingerprint density at radius 2 is 1.93 bits per heavy atom. The van der Waals surface area contributed by atoms with Crippen LogP contribution in [0.3, 0.4) is 0 Å². The number of benzene rings is 2. The van der Waals surface area contributed by atoms with E-state index in [9.17, 15) is 14.3 Å². The molecule has 0 spiro atoms. The number of likely N-dealkylation sites (N-methyl/N-ethyl adjacent to an activating group) is 1. The molecule has 156 valence electrons. The van der Waals surface area contributed by atoms with Crippen molar-refractivity contribution in [3.8, 4) is 11.5 Å². The summed E-state index contributed by atoms with van der Waals surface area (Å²) in [5, 5.41) is 9.67. The van der Waals surface area contributed by atoms with Gasteiger partial charge in [-0.2, -0.15) is 0 Å². The van der Waals surface area contributed by atoms with Crippen molar-refractivity contribution in [1.82, 2.24) is 9.80 Å². The summed E-state index contributed by atoms with van der Waals surface area (Å²) in [5.74, 6) is -0.0663. The van der Waals surface area contributed by atoms with E-state index in [1.807, 2.05) is 43.3 Å². The van der Waals surface area contributed by atoms with E-state index in [4.69, 9.17) is 10.5 Å². The molecule has 0 radical (unpaired) electrons. The highest BCUT2D eigenvalue weighted by Gasteiger charge is 2.37. The minimum absolute atomic E-state index is 0.0555. The molecule has 1 amide bonds. The molecule has 2 aromatic carbocycles. The van der Waals surface area contributed by atoms with Crippen molar-refractivity contribution in [1.29, 1.82) is 0 Å². The van der Waals surface area contributed by atoms with E-state index in [1.54, 1.807) is 4.90 Å². The molecule has 1 heterocycles. The molecular weight excluding hydrogens is 373 g/mol. The average Bonchev–Trinajstić information content (AvgIpc) is 3.15. The Hall–Kier alpha value is -2.48. The first-order valence-electron chi connectivity index (χ1n) is 9.77. The Morgan fingerprint density at radius 1 is 1.24 bits per heavy atom. The second-order valence-corrected chi connectivity index (χ2v) is 7.57. The van der Waals surface area contributed by atoms with Gasteiger partial charge in [0.2, 0.25) is 0 Å². The standard InChI is InChI=1S/C22H28FN3O3/c1-25(2)16-11-17(14-27)26(13-16)22(28)20-12-19(7-8-21(20)23)29-18-5-3-15(4-6-18)9-10-24/h3-8,12,16-17,27H,9-11,13-14,24H2,1-2H3/t16-,17-/m0/s1. The maximum Gasteiger partial charge on any atom is 0.257 e. The van der Waals surface area contributed by atoms with Crippen molar-refractivity contribution in [2.24, 2.45) is 5.73 Å². The van der Waals surface area contributed by atoms with Crippen LogP contribution >= 0.6 is 0 Å². The van der Waals surface area contributed by atoms with Gasteiger partial charge in [-0.05, 0) is 69.4 Å². The van der Waals surface area contributed by atoms with Crippen molar-refractivity contribution < 1.29 is 19.0 Å². The minimum Gasteiger partial charge on any atom is -0.457 e. The molecule has 0 saturated carbocycles. The lowest BCUT2D eigenvalue weighted by molar-refractivity contribution is 0.0668. The van der Waals surface area contributed by atoms with Gasteiger partial charge in [0, 0.05) is 12.6 Å². The van der Waals surface area contributed by atoms with Crippen LogP contribution in [0.5, 0.6) is 11.5 Å². The Kier molecular flexibility index (Phi) is 6.84. The first-order chi connectivity index (χ1) is 13.9. The van der Waals surface area contributed by atoms with E-state index in [0.29, 0.717) is 31.0 Å². The molecule has 0 unspecified atom stereocenters. The lowest BCUT2D eigenvalue weighted by Crippen LogP contribution is -2.39. The molecule has 0 aromatic heterocycles. The number of nitrogens with zero attached hydrogens (tertiary/aromatic N) is 2. The Bertz CT molecular complexity index is 842. The van der Waals surface area contributed by atoms with Crippen LogP contribution in [-0.4, -0.2) is 66.7 Å². The number of hydrogen-bond donors (Lipinski definition) is 2. The third kappa shape index (κ3) is 4.93. The quantitative estimate of drug-likeness (QED) is 0.744. The summed E-state index contributed by atoms with van der Waals surface area (Å²) in [5.41, 5.74) is 6.61. The molecule has 1 fully saturated rings. The van der Waals surface area contributed by atoms with Gasteiger partial charge in [-0.15, -0.1) is 0 Å². The van der Waals surface area contributed by atoms with Crippen LogP contribution in [0, 0.1) is 5.82 Å². The number of carbonyl (C=O) groups excluding carboxylic acids is 1. The maximum atomic E-state index is 14.4. The summed E-state index contributed by atoms with van der Waals surface area (Å²) in [7, 11) is 3.86. The number of hydrogen-bond acceptors (Lipinski definition) is 5. The maximum absolute atomic E-state index is 14.4. The summed E-state index contributed by atoms with van der Waals surface area (Å²) in [6.45, 7) is 0.872. The highest BCUT2D eigenvalue weighted by Crippen LogP contribution is 2.28. The zero-order valence-corrected chi connectivity index (χ0v) is 16.8. The molecule has 0 aliphatic carbocycles. The number of nitrogens with two attached hydrogens (primary N) is 1. The van der Waals surface area contributed by atoms with E-state index in [2.05, 4.69) is 0 Å². The van der Waals surface area contributed by atoms with Crippen LogP contribution in [0.1, 0.15) is 22.3 Å². The molecule has 1 aliphatic rings. The molecule has 1 aliphatic heterocycles. The van der Waals surface area contributed by atoms with Gasteiger partial charge >= 0.3 is 0 Å². The highest BCUT2D eigenvalue weighted by molar-refractivity contribution is 5.95. The fourth-order valence-corrected chi connectivity index (χ4v) is 3.60. The number of aliphatic hydroxyl groups is 1. The van der Waals surface area contributed by atoms with Crippen LogP contribution in [0.15, 0.2) is 42.5 Å². The average molecular weight is 401 g/mol. The summed E-state index contributed by atoms with van der Waals surface area (Å²) in [4.78, 5) is 16.6. The van der Waals surface area contributed by atoms with Gasteiger partial charge in [-0.1, -0.05) is 12.1 Å². The van der Waals surface area contributed by atoms with Crippen molar-refractivity contribution in [3.05, 3.63) is 59.4 Å². The Balaban J connectivity index is 1.78. The van der Waals surface area contributed by atoms with Gasteiger partial charge in [-0.25, -0.2) is 4.39 Å². The molecule has 1 saturated heterocycles. The molecule has 2 atom stereocenters. The third-order valence-corrected chi connectivity index (χ3v) is 5.35. The van der Waals surface area contributed by atoms with E-state index in [-0.39, 0.29) is 24.3 Å². The van der Waals surface area contributed by atoms with E-state index >= 15 is 0 Å². The van der Waals surface area contributed by atoms with Gasteiger partial charge in [-0.3, -0.25) is 4.79 Å². The molecule has 7 heteroatoms. The molecule has 6 nitrogen and oxygen atoms in total. The SMILES string of the molecule is CN(C)[C@H]1C[C@@H](CO)N(C(=O)c2cc(Oc3ccc(CCN)cc3)ccc2F)C1. The van der Waals surface area contributed by atoms with Crippen LogP contribution in [0.25, 0.3) is 0 Å². The van der Waals surface area contributed by atoms with E-state index in [1.165, 1.54) is 18.2 Å². The number of halogens is 1. The van der Waals surface area contributed by atoms with Crippen molar-refractivity contribution in [2.75, 3.05) is 33.8 Å². The summed E-state index contributed by atoms with van der Waals surface area (Å²) < 4.78 is 20.3. The normalized spacial score (nSPS) is 19.0. The fourth-order valence-electron chi connectivity index (χ4n) is 3.60. The lowest BCUT2D eigenvalue weighted by Gasteiger charge is -2.24. The molecule has 0 bridgehead atoms. The molecule has 29 heavy (non-hydrogen) atoms. The lowest BCUT2D eigenvalue weighted by atomic mass is 10.1. The number of aliphatic hydroxyl groups excluding tert-OH is 1. The fraction of sp³-hybridized carbons (Fsp3) is 0.409. The highest BCUT2D eigenvalue weighted by atomic mass is 19.1. The monoisotopic (exact) mass is 401 g/mol. The molecule has 3 N–H and O–H groups in total. The third-order valence-electron chi connectivity index (χ3n) is 5.35. The van der Waals surface area contributed by atoms with Gasteiger partial charge in [0.25, 0.3) is 5.91 Å². The van der Waals surface area contributed by atoms with Gasteiger partial charge in [0.1, 0.15) is 17.3 Å². The number of likely N-dealkylation sites (tertiary alicyclic amines) is 1. The van der Waals surface area contributed by atoms with E-state index in [0.717, 1.165) is 12.0 Å². The summed E-state index contributed by atoms with van der Waals surface area (Å²) in [6.07, 6.45) is 1.44. The Morgan fingerprint density at radius 3 is 2.55 bits per heavy atom. The minimum atomic E-state index is -0.606. The van der Waals surface area contributed by atoms with Crippen molar-refractivity contribution in [3.63, 3.8) is 0 Å². The van der Waals surface area contributed by atoms with Gasteiger partial charge in [0.05, 0.1) is 18.2 Å². The predicted octanol–water partition coefficient (Wildman–Crippen LogP) is 2.26. The second-order valence-electron chi connectivity index (χ2n) is 7.57. The first-order valence-corrected chi connectivity index (χ1v) is 9.77. The zero-order valence-electron chi connectivity index (χ0n) is 16.8.